The molecule has 0 aromatic carbocycles. The van der Waals surface area contributed by atoms with Gasteiger partial charge < -0.3 is 10.4 Å². The maximum atomic E-state index is 11.3. The number of aryl methyl sites for hydroxylation is 1. The van der Waals surface area contributed by atoms with Crippen molar-refractivity contribution < 1.29 is 9.90 Å². The zero-order valence-electron chi connectivity index (χ0n) is 9.94. The van der Waals surface area contributed by atoms with Gasteiger partial charge in [-0.3, -0.25) is 4.79 Å². The first-order valence-corrected chi connectivity index (χ1v) is 5.88. The molecule has 1 aliphatic rings. The van der Waals surface area contributed by atoms with Crippen LogP contribution in [0.5, 0.6) is 0 Å². The first kappa shape index (κ1) is 11.8. The second kappa shape index (κ2) is 4.69. The van der Waals surface area contributed by atoms with E-state index in [0.29, 0.717) is 12.5 Å². The number of hydrogen-bond donors (Lipinski definition) is 2. The minimum atomic E-state index is -0.713. The lowest BCUT2D eigenvalue weighted by Crippen LogP contribution is -2.35. The normalized spacial score (nSPS) is 17.9. The van der Waals surface area contributed by atoms with Gasteiger partial charge in [-0.2, -0.15) is 0 Å². The molecule has 0 radical (unpaired) electrons. The average molecular weight is 235 g/mol. The first-order chi connectivity index (χ1) is 8.12. The zero-order chi connectivity index (χ0) is 12.3. The standard InChI is InChI=1S/C12H17N3O2/c1-9-6-13-11(14-7-9)15-8-12(10(16)17)4-2-3-5-12/h6-7H,2-5,8H2,1H3,(H,16,17)(H,13,14,15). The van der Waals surface area contributed by atoms with E-state index in [-0.39, 0.29) is 0 Å². The van der Waals surface area contributed by atoms with Crippen molar-refractivity contribution in [3.63, 3.8) is 0 Å². The molecule has 2 N–H and O–H groups in total. The molecule has 5 heteroatoms. The minimum absolute atomic E-state index is 0.408. The molecule has 0 spiro atoms. The summed E-state index contributed by atoms with van der Waals surface area (Å²) in [6.45, 7) is 2.32. The Morgan fingerprint density at radius 1 is 1.41 bits per heavy atom. The highest BCUT2D eigenvalue weighted by Gasteiger charge is 2.41. The minimum Gasteiger partial charge on any atom is -0.481 e. The summed E-state index contributed by atoms with van der Waals surface area (Å²) >= 11 is 0. The fourth-order valence-electron chi connectivity index (χ4n) is 2.25. The summed E-state index contributed by atoms with van der Waals surface area (Å²) < 4.78 is 0. The van der Waals surface area contributed by atoms with E-state index >= 15 is 0 Å². The highest BCUT2D eigenvalue weighted by Crippen LogP contribution is 2.38. The summed E-state index contributed by atoms with van der Waals surface area (Å²) in [6.07, 6.45) is 6.89. The maximum Gasteiger partial charge on any atom is 0.311 e. The summed E-state index contributed by atoms with van der Waals surface area (Å²) in [6, 6.07) is 0. The van der Waals surface area contributed by atoms with Crippen LogP contribution < -0.4 is 5.32 Å². The molecule has 0 unspecified atom stereocenters. The van der Waals surface area contributed by atoms with Crippen LogP contribution in [-0.4, -0.2) is 27.6 Å². The summed E-state index contributed by atoms with van der Waals surface area (Å²) in [7, 11) is 0. The molecule has 2 rings (SSSR count). The second-order valence-electron chi connectivity index (χ2n) is 4.73. The van der Waals surface area contributed by atoms with Crippen LogP contribution in [-0.2, 0) is 4.79 Å². The van der Waals surface area contributed by atoms with Crippen LogP contribution in [0.1, 0.15) is 31.2 Å². The van der Waals surface area contributed by atoms with Gasteiger partial charge in [-0.1, -0.05) is 12.8 Å². The fourth-order valence-corrected chi connectivity index (χ4v) is 2.25. The number of nitrogens with zero attached hydrogens (tertiary/aromatic N) is 2. The van der Waals surface area contributed by atoms with Crippen molar-refractivity contribution in [2.75, 3.05) is 11.9 Å². The van der Waals surface area contributed by atoms with Gasteiger partial charge in [-0.15, -0.1) is 0 Å². The third-order valence-corrected chi connectivity index (χ3v) is 3.38. The molecule has 17 heavy (non-hydrogen) atoms. The number of aromatic nitrogens is 2. The molecular weight excluding hydrogens is 218 g/mol. The lowest BCUT2D eigenvalue weighted by Gasteiger charge is -2.23. The summed E-state index contributed by atoms with van der Waals surface area (Å²) in [4.78, 5) is 19.5. The van der Waals surface area contributed by atoms with Gasteiger partial charge in [0.2, 0.25) is 5.95 Å². The molecular formula is C12H17N3O2. The van der Waals surface area contributed by atoms with E-state index in [0.717, 1.165) is 31.2 Å². The van der Waals surface area contributed by atoms with E-state index in [2.05, 4.69) is 15.3 Å². The molecule has 1 aliphatic carbocycles. The molecule has 92 valence electrons. The van der Waals surface area contributed by atoms with Crippen LogP contribution in [0.3, 0.4) is 0 Å². The molecule has 0 atom stereocenters. The molecule has 5 nitrogen and oxygen atoms in total. The number of carboxylic acid groups (broad SMARTS) is 1. The van der Waals surface area contributed by atoms with Gasteiger partial charge in [0.25, 0.3) is 0 Å². The Hall–Kier alpha value is -1.65. The Kier molecular flexibility index (Phi) is 3.26. The van der Waals surface area contributed by atoms with Crippen molar-refractivity contribution in [1.29, 1.82) is 0 Å². The number of nitrogens with one attached hydrogen (secondary N) is 1. The molecule has 1 fully saturated rings. The van der Waals surface area contributed by atoms with Gasteiger partial charge in [-0.25, -0.2) is 9.97 Å². The Bertz CT molecular complexity index is 397. The lowest BCUT2D eigenvalue weighted by atomic mass is 9.86. The van der Waals surface area contributed by atoms with Gasteiger partial charge in [0, 0.05) is 18.9 Å². The van der Waals surface area contributed by atoms with Crippen LogP contribution in [0.25, 0.3) is 0 Å². The summed E-state index contributed by atoms with van der Waals surface area (Å²) in [5.41, 5.74) is 0.359. The number of rotatable bonds is 4. The number of carboxylic acids is 1. The molecule has 1 saturated carbocycles. The molecule has 1 aromatic heterocycles. The van der Waals surface area contributed by atoms with E-state index in [1.165, 1.54) is 0 Å². The van der Waals surface area contributed by atoms with Crippen molar-refractivity contribution in [3.05, 3.63) is 18.0 Å². The molecule has 0 amide bonds. The first-order valence-electron chi connectivity index (χ1n) is 5.88. The molecule has 0 saturated heterocycles. The number of carbonyl (C=O) groups is 1. The van der Waals surface area contributed by atoms with E-state index in [9.17, 15) is 9.90 Å². The van der Waals surface area contributed by atoms with Crippen LogP contribution in [0.2, 0.25) is 0 Å². The van der Waals surface area contributed by atoms with Crippen molar-refractivity contribution in [3.8, 4) is 0 Å². The van der Waals surface area contributed by atoms with Crippen molar-refractivity contribution in [2.24, 2.45) is 5.41 Å². The largest absolute Gasteiger partial charge is 0.481 e. The third-order valence-electron chi connectivity index (χ3n) is 3.38. The Labute approximate surface area is 100 Å². The van der Waals surface area contributed by atoms with Gasteiger partial charge in [0.1, 0.15) is 0 Å². The topological polar surface area (TPSA) is 75.1 Å². The molecule has 0 bridgehead atoms. The van der Waals surface area contributed by atoms with E-state index in [1.54, 1.807) is 12.4 Å². The summed E-state index contributed by atoms with van der Waals surface area (Å²) in [5, 5.41) is 12.3. The SMILES string of the molecule is Cc1cnc(NCC2(C(=O)O)CCCC2)nc1. The average Bonchev–Trinajstić information content (AvgIpc) is 2.78. The molecule has 0 aliphatic heterocycles. The van der Waals surface area contributed by atoms with E-state index < -0.39 is 11.4 Å². The van der Waals surface area contributed by atoms with Crippen molar-refractivity contribution in [1.82, 2.24) is 9.97 Å². The third kappa shape index (κ3) is 2.54. The van der Waals surface area contributed by atoms with E-state index in [4.69, 9.17) is 0 Å². The second-order valence-corrected chi connectivity index (χ2v) is 4.73. The van der Waals surface area contributed by atoms with Crippen LogP contribution >= 0.6 is 0 Å². The van der Waals surface area contributed by atoms with E-state index in [1.807, 2.05) is 6.92 Å². The van der Waals surface area contributed by atoms with Crippen LogP contribution in [0, 0.1) is 12.3 Å². The zero-order valence-corrected chi connectivity index (χ0v) is 9.94. The summed E-state index contributed by atoms with van der Waals surface area (Å²) in [5.74, 6) is -0.210. The monoisotopic (exact) mass is 235 g/mol. The number of aliphatic carboxylic acids is 1. The van der Waals surface area contributed by atoms with Gasteiger partial charge in [-0.05, 0) is 25.3 Å². The fraction of sp³-hybridized carbons (Fsp3) is 0.583. The quantitative estimate of drug-likeness (QED) is 0.832. The Morgan fingerprint density at radius 3 is 2.53 bits per heavy atom. The van der Waals surface area contributed by atoms with Crippen LogP contribution in [0.15, 0.2) is 12.4 Å². The van der Waals surface area contributed by atoms with Crippen molar-refractivity contribution >= 4 is 11.9 Å². The van der Waals surface area contributed by atoms with Gasteiger partial charge in [0.05, 0.1) is 5.41 Å². The number of anilines is 1. The van der Waals surface area contributed by atoms with Gasteiger partial charge >= 0.3 is 5.97 Å². The maximum absolute atomic E-state index is 11.3. The van der Waals surface area contributed by atoms with Crippen molar-refractivity contribution in [2.45, 2.75) is 32.6 Å². The highest BCUT2D eigenvalue weighted by atomic mass is 16.4. The molecule has 1 aromatic rings. The molecule has 1 heterocycles. The lowest BCUT2D eigenvalue weighted by molar-refractivity contribution is -0.147. The van der Waals surface area contributed by atoms with Gasteiger partial charge in [0.15, 0.2) is 0 Å². The predicted molar refractivity (Wildman–Crippen MR) is 63.8 cm³/mol. The smallest absolute Gasteiger partial charge is 0.311 e. The van der Waals surface area contributed by atoms with Crippen LogP contribution in [0.4, 0.5) is 5.95 Å². The number of hydrogen-bond acceptors (Lipinski definition) is 4. The Morgan fingerprint density at radius 2 is 2.00 bits per heavy atom. The highest BCUT2D eigenvalue weighted by molar-refractivity contribution is 5.75. The predicted octanol–water partition coefficient (Wildman–Crippen LogP) is 1.84. The Balaban J connectivity index is 2.00.